The predicted octanol–water partition coefficient (Wildman–Crippen LogP) is 1.34. The minimum absolute atomic E-state index is 0.0533. The van der Waals surface area contributed by atoms with Gasteiger partial charge in [-0.1, -0.05) is 30.3 Å². The van der Waals surface area contributed by atoms with Gasteiger partial charge in [0, 0.05) is 13.0 Å². The van der Waals surface area contributed by atoms with E-state index in [1.165, 1.54) is 0 Å². The van der Waals surface area contributed by atoms with Crippen LogP contribution in [-0.4, -0.2) is 35.3 Å². The van der Waals surface area contributed by atoms with Crippen molar-refractivity contribution in [3.63, 3.8) is 0 Å². The molecule has 2 saturated heterocycles. The molecule has 0 saturated carbocycles. The Kier molecular flexibility index (Phi) is 4.09. The Morgan fingerprint density at radius 3 is 2.68 bits per heavy atom. The topological polar surface area (TPSA) is 78.5 Å². The molecular weight excluding hydrogens is 282 g/mol. The molecule has 1 aromatic carbocycles. The van der Waals surface area contributed by atoms with Gasteiger partial charge < -0.3 is 10.2 Å². The van der Waals surface area contributed by atoms with Crippen LogP contribution in [0.25, 0.3) is 0 Å². The van der Waals surface area contributed by atoms with Crippen molar-refractivity contribution in [2.24, 2.45) is 0 Å². The number of likely N-dealkylation sites (tertiary alicyclic amines) is 1. The molecular formula is C16H19N3O3. The molecule has 2 aliphatic heterocycles. The number of rotatable bonds is 2. The standard InChI is InChI=1S/C16H19N3O3/c20-14-9-8-12(17-16(22)18-14)15(21)19-10-4-7-13(19)11-5-2-1-3-6-11/h1-3,5-6,12-13H,4,7-10H2,(H2,17,18,20,22). The Balaban J connectivity index is 1.76. The summed E-state index contributed by atoms with van der Waals surface area (Å²) in [6, 6.07) is 8.76. The molecule has 2 aliphatic rings. The lowest BCUT2D eigenvalue weighted by molar-refractivity contribution is -0.134. The SMILES string of the molecule is O=C1CCC(C(=O)N2CCCC2c2ccccc2)NC(=O)N1. The van der Waals surface area contributed by atoms with Crippen LogP contribution in [-0.2, 0) is 9.59 Å². The zero-order chi connectivity index (χ0) is 15.5. The number of carbonyl (C=O) groups is 3. The zero-order valence-corrected chi connectivity index (χ0v) is 12.2. The molecule has 2 unspecified atom stereocenters. The molecule has 0 radical (unpaired) electrons. The number of urea groups is 1. The number of imide groups is 1. The number of amides is 4. The maximum atomic E-state index is 12.8. The van der Waals surface area contributed by atoms with E-state index in [0.29, 0.717) is 13.0 Å². The highest BCUT2D eigenvalue weighted by Gasteiger charge is 2.35. The van der Waals surface area contributed by atoms with Crippen LogP contribution >= 0.6 is 0 Å². The maximum absolute atomic E-state index is 12.8. The van der Waals surface area contributed by atoms with Gasteiger partial charge in [0.05, 0.1) is 6.04 Å². The average Bonchev–Trinajstić information content (AvgIpc) is 2.94. The van der Waals surface area contributed by atoms with Crippen LogP contribution in [0.4, 0.5) is 4.79 Å². The summed E-state index contributed by atoms with van der Waals surface area (Å²) < 4.78 is 0. The van der Waals surface area contributed by atoms with Gasteiger partial charge in [0.2, 0.25) is 11.8 Å². The third-order valence-corrected chi connectivity index (χ3v) is 4.24. The number of hydrogen-bond acceptors (Lipinski definition) is 3. The molecule has 0 aliphatic carbocycles. The number of benzene rings is 1. The van der Waals surface area contributed by atoms with E-state index in [-0.39, 0.29) is 24.3 Å². The molecule has 2 N–H and O–H groups in total. The Bertz CT molecular complexity index is 588. The lowest BCUT2D eigenvalue weighted by Gasteiger charge is -2.28. The molecule has 116 valence electrons. The Morgan fingerprint density at radius 2 is 1.91 bits per heavy atom. The fourth-order valence-electron chi connectivity index (χ4n) is 3.17. The minimum atomic E-state index is -0.629. The van der Waals surface area contributed by atoms with Crippen molar-refractivity contribution in [3.8, 4) is 0 Å². The molecule has 1 aromatic rings. The first-order valence-corrected chi connectivity index (χ1v) is 7.61. The number of hydrogen-bond donors (Lipinski definition) is 2. The van der Waals surface area contributed by atoms with E-state index in [0.717, 1.165) is 18.4 Å². The average molecular weight is 301 g/mol. The van der Waals surface area contributed by atoms with Crippen molar-refractivity contribution in [2.45, 2.75) is 37.8 Å². The Morgan fingerprint density at radius 1 is 1.14 bits per heavy atom. The van der Waals surface area contributed by atoms with Crippen LogP contribution in [0.15, 0.2) is 30.3 Å². The summed E-state index contributed by atoms with van der Waals surface area (Å²) in [6.07, 6.45) is 2.39. The first kappa shape index (κ1) is 14.6. The molecule has 0 bridgehead atoms. The van der Waals surface area contributed by atoms with E-state index < -0.39 is 12.1 Å². The van der Waals surface area contributed by atoms with Gasteiger partial charge in [0.25, 0.3) is 0 Å². The van der Waals surface area contributed by atoms with Crippen molar-refractivity contribution in [2.75, 3.05) is 6.54 Å². The highest BCUT2D eigenvalue weighted by molar-refractivity contribution is 5.98. The fraction of sp³-hybridized carbons (Fsp3) is 0.438. The quantitative estimate of drug-likeness (QED) is 0.865. The van der Waals surface area contributed by atoms with Gasteiger partial charge in [-0.25, -0.2) is 4.79 Å². The lowest BCUT2D eigenvalue weighted by atomic mass is 10.0. The van der Waals surface area contributed by atoms with Crippen molar-refractivity contribution < 1.29 is 14.4 Å². The summed E-state index contributed by atoms with van der Waals surface area (Å²) >= 11 is 0. The summed E-state index contributed by atoms with van der Waals surface area (Å²) in [6.45, 7) is 0.687. The zero-order valence-electron chi connectivity index (χ0n) is 12.2. The van der Waals surface area contributed by atoms with Gasteiger partial charge in [-0.05, 0) is 24.8 Å². The first-order chi connectivity index (χ1) is 10.6. The minimum Gasteiger partial charge on any atom is -0.334 e. The van der Waals surface area contributed by atoms with E-state index in [9.17, 15) is 14.4 Å². The number of nitrogens with one attached hydrogen (secondary N) is 2. The predicted molar refractivity (Wildman–Crippen MR) is 79.8 cm³/mol. The fourth-order valence-corrected chi connectivity index (χ4v) is 3.17. The molecule has 6 nitrogen and oxygen atoms in total. The second-order valence-electron chi connectivity index (χ2n) is 5.71. The molecule has 3 rings (SSSR count). The van der Waals surface area contributed by atoms with Crippen LogP contribution in [0.5, 0.6) is 0 Å². The van der Waals surface area contributed by atoms with Crippen molar-refractivity contribution in [1.82, 2.24) is 15.5 Å². The molecule has 2 heterocycles. The van der Waals surface area contributed by atoms with Crippen LogP contribution in [0.1, 0.15) is 37.3 Å². The second-order valence-corrected chi connectivity index (χ2v) is 5.71. The van der Waals surface area contributed by atoms with E-state index in [1.54, 1.807) is 0 Å². The van der Waals surface area contributed by atoms with Crippen LogP contribution in [0.2, 0.25) is 0 Å². The highest BCUT2D eigenvalue weighted by Crippen LogP contribution is 2.32. The van der Waals surface area contributed by atoms with Crippen molar-refractivity contribution in [3.05, 3.63) is 35.9 Å². The lowest BCUT2D eigenvalue weighted by Crippen LogP contribution is -2.49. The van der Waals surface area contributed by atoms with E-state index in [1.807, 2.05) is 35.2 Å². The molecule has 4 amide bonds. The van der Waals surface area contributed by atoms with Gasteiger partial charge in [0.1, 0.15) is 6.04 Å². The van der Waals surface area contributed by atoms with Gasteiger partial charge >= 0.3 is 6.03 Å². The summed E-state index contributed by atoms with van der Waals surface area (Å²) in [5.41, 5.74) is 1.11. The van der Waals surface area contributed by atoms with Crippen LogP contribution in [0, 0.1) is 0 Å². The maximum Gasteiger partial charge on any atom is 0.322 e. The number of nitrogens with zero attached hydrogens (tertiary/aromatic N) is 1. The largest absolute Gasteiger partial charge is 0.334 e. The first-order valence-electron chi connectivity index (χ1n) is 7.61. The molecule has 6 heteroatoms. The molecule has 22 heavy (non-hydrogen) atoms. The Labute approximate surface area is 128 Å². The number of carbonyl (C=O) groups excluding carboxylic acids is 3. The van der Waals surface area contributed by atoms with Crippen LogP contribution in [0.3, 0.4) is 0 Å². The van der Waals surface area contributed by atoms with Crippen LogP contribution < -0.4 is 10.6 Å². The van der Waals surface area contributed by atoms with E-state index in [2.05, 4.69) is 10.6 Å². The molecule has 2 fully saturated rings. The van der Waals surface area contributed by atoms with E-state index >= 15 is 0 Å². The third kappa shape index (κ3) is 2.95. The highest BCUT2D eigenvalue weighted by atomic mass is 16.2. The summed E-state index contributed by atoms with van der Waals surface area (Å²) in [7, 11) is 0. The third-order valence-electron chi connectivity index (χ3n) is 4.24. The van der Waals surface area contributed by atoms with Crippen molar-refractivity contribution in [1.29, 1.82) is 0 Å². The van der Waals surface area contributed by atoms with Gasteiger partial charge in [0.15, 0.2) is 0 Å². The Hall–Kier alpha value is -2.37. The van der Waals surface area contributed by atoms with Crippen molar-refractivity contribution >= 4 is 17.8 Å². The summed E-state index contributed by atoms with van der Waals surface area (Å²) in [5, 5.41) is 4.80. The summed E-state index contributed by atoms with van der Waals surface area (Å²) in [5.74, 6) is -0.440. The molecule has 0 aromatic heterocycles. The smallest absolute Gasteiger partial charge is 0.322 e. The van der Waals surface area contributed by atoms with Gasteiger partial charge in [-0.2, -0.15) is 0 Å². The molecule has 2 atom stereocenters. The monoisotopic (exact) mass is 301 g/mol. The van der Waals surface area contributed by atoms with E-state index in [4.69, 9.17) is 0 Å². The normalized spacial score (nSPS) is 25.4. The second kappa shape index (κ2) is 6.17. The molecule has 0 spiro atoms. The van der Waals surface area contributed by atoms with Gasteiger partial charge in [-0.15, -0.1) is 0 Å². The van der Waals surface area contributed by atoms with Gasteiger partial charge in [-0.3, -0.25) is 14.9 Å². The summed E-state index contributed by atoms with van der Waals surface area (Å²) in [4.78, 5) is 37.5.